The van der Waals surface area contributed by atoms with Gasteiger partial charge >= 0.3 is 5.97 Å². The highest BCUT2D eigenvalue weighted by Gasteiger charge is 2.21. The van der Waals surface area contributed by atoms with E-state index in [1.807, 2.05) is 19.1 Å². The first-order valence-electron chi connectivity index (χ1n) is 10.7. The maximum absolute atomic E-state index is 13.5. The minimum absolute atomic E-state index is 0.134. The van der Waals surface area contributed by atoms with Crippen molar-refractivity contribution in [3.05, 3.63) is 51.9 Å². The Labute approximate surface area is 185 Å². The van der Waals surface area contributed by atoms with Crippen molar-refractivity contribution in [2.75, 3.05) is 20.3 Å². The van der Waals surface area contributed by atoms with Crippen LogP contribution in [0.4, 0.5) is 0 Å². The van der Waals surface area contributed by atoms with Crippen LogP contribution in [-0.4, -0.2) is 32.4 Å². The van der Waals surface area contributed by atoms with Crippen LogP contribution in [0.1, 0.15) is 31.6 Å². The van der Waals surface area contributed by atoms with Gasteiger partial charge in [0, 0.05) is 6.07 Å². The Kier molecular flexibility index (Phi) is 6.08. The molecule has 7 heteroatoms. The molecule has 0 aliphatic carbocycles. The van der Waals surface area contributed by atoms with Gasteiger partial charge in [-0.3, -0.25) is 4.79 Å². The van der Waals surface area contributed by atoms with Gasteiger partial charge in [-0.1, -0.05) is 19.4 Å². The Morgan fingerprint density at radius 3 is 2.59 bits per heavy atom. The first kappa shape index (κ1) is 21.7. The van der Waals surface area contributed by atoms with Crippen LogP contribution in [0.3, 0.4) is 0 Å². The molecule has 0 saturated heterocycles. The summed E-state index contributed by atoms with van der Waals surface area (Å²) in [6.45, 7) is 6.39. The van der Waals surface area contributed by atoms with Crippen molar-refractivity contribution in [2.45, 2.75) is 39.7 Å². The number of aryl methyl sites for hydroxylation is 2. The van der Waals surface area contributed by atoms with Crippen molar-refractivity contribution in [1.29, 1.82) is 0 Å². The lowest BCUT2D eigenvalue weighted by atomic mass is 9.99. The maximum Gasteiger partial charge on any atom is 0.346 e. The fourth-order valence-corrected chi connectivity index (χ4v) is 3.89. The number of fused-ring (bicyclic) bond motifs is 2. The van der Waals surface area contributed by atoms with Crippen LogP contribution in [0.25, 0.3) is 22.1 Å². The van der Waals surface area contributed by atoms with E-state index in [-0.39, 0.29) is 5.43 Å². The standard InChI is InChI=1S/C25H26O7/c1-5-6-16-11-18-21(13-20(16)32-15(3)25(27)28-4)31-14(2)23(24(18)26)17-7-8-19-22(12-17)30-10-9-29-19/h7-8,11-13,15H,5-6,9-10H2,1-4H3. The van der Waals surface area contributed by atoms with E-state index < -0.39 is 12.1 Å². The van der Waals surface area contributed by atoms with Crippen molar-refractivity contribution in [2.24, 2.45) is 0 Å². The molecule has 32 heavy (non-hydrogen) atoms. The van der Waals surface area contributed by atoms with Crippen molar-refractivity contribution < 1.29 is 28.2 Å². The average Bonchev–Trinajstić information content (AvgIpc) is 2.79. The summed E-state index contributed by atoms with van der Waals surface area (Å²) < 4.78 is 27.9. The van der Waals surface area contributed by atoms with Crippen LogP contribution in [0.2, 0.25) is 0 Å². The number of carbonyl (C=O) groups is 1. The Hall–Kier alpha value is -3.48. The zero-order valence-corrected chi connectivity index (χ0v) is 18.7. The summed E-state index contributed by atoms with van der Waals surface area (Å²) in [6, 6.07) is 8.93. The molecule has 4 rings (SSSR count). The Morgan fingerprint density at radius 1 is 1.12 bits per heavy atom. The molecule has 1 aromatic heterocycles. The lowest BCUT2D eigenvalue weighted by Gasteiger charge is -2.19. The number of ether oxygens (including phenoxy) is 4. The largest absolute Gasteiger partial charge is 0.486 e. The Balaban J connectivity index is 1.83. The summed E-state index contributed by atoms with van der Waals surface area (Å²) in [6.07, 6.45) is 0.754. The van der Waals surface area contributed by atoms with Gasteiger partial charge in [-0.05, 0) is 49.6 Å². The van der Waals surface area contributed by atoms with Gasteiger partial charge in [-0.25, -0.2) is 4.79 Å². The smallest absolute Gasteiger partial charge is 0.346 e. The highest BCUT2D eigenvalue weighted by Crippen LogP contribution is 2.36. The zero-order valence-electron chi connectivity index (χ0n) is 18.7. The molecule has 0 amide bonds. The third-order valence-electron chi connectivity index (χ3n) is 5.44. The predicted octanol–water partition coefficient (Wildman–Crippen LogP) is 4.43. The van der Waals surface area contributed by atoms with Crippen molar-refractivity contribution in [3.8, 4) is 28.4 Å². The third kappa shape index (κ3) is 4.02. The predicted molar refractivity (Wildman–Crippen MR) is 120 cm³/mol. The summed E-state index contributed by atoms with van der Waals surface area (Å²) in [5, 5.41) is 0.460. The molecule has 2 aromatic carbocycles. The topological polar surface area (TPSA) is 84.2 Å². The molecule has 168 valence electrons. The van der Waals surface area contributed by atoms with Gasteiger partial charge < -0.3 is 23.4 Å². The third-order valence-corrected chi connectivity index (χ3v) is 5.44. The summed E-state index contributed by atoms with van der Waals surface area (Å²) in [7, 11) is 1.32. The molecule has 3 aromatic rings. The highest BCUT2D eigenvalue weighted by molar-refractivity contribution is 5.85. The summed E-state index contributed by atoms with van der Waals surface area (Å²) in [5.41, 5.74) is 2.29. The second-order valence-electron chi connectivity index (χ2n) is 7.71. The van der Waals surface area contributed by atoms with Crippen LogP contribution in [0.15, 0.2) is 39.5 Å². The van der Waals surface area contributed by atoms with Crippen LogP contribution in [0.5, 0.6) is 17.2 Å². The molecule has 0 N–H and O–H groups in total. The number of rotatable bonds is 6. The van der Waals surface area contributed by atoms with Gasteiger partial charge in [-0.15, -0.1) is 0 Å². The lowest BCUT2D eigenvalue weighted by molar-refractivity contribution is -0.147. The highest BCUT2D eigenvalue weighted by atomic mass is 16.6. The number of methoxy groups -OCH3 is 1. The zero-order chi connectivity index (χ0) is 22.8. The van der Waals surface area contributed by atoms with Crippen LogP contribution < -0.4 is 19.6 Å². The maximum atomic E-state index is 13.5. The van der Waals surface area contributed by atoms with E-state index in [1.165, 1.54) is 7.11 Å². The fourth-order valence-electron chi connectivity index (χ4n) is 3.89. The normalized spacial score (nSPS) is 13.6. The lowest BCUT2D eigenvalue weighted by Crippen LogP contribution is -2.25. The molecule has 0 fully saturated rings. The second-order valence-corrected chi connectivity index (χ2v) is 7.71. The molecule has 7 nitrogen and oxygen atoms in total. The van der Waals surface area contributed by atoms with Crippen LogP contribution in [0, 0.1) is 6.92 Å². The van der Waals surface area contributed by atoms with Crippen molar-refractivity contribution in [1.82, 2.24) is 0 Å². The summed E-state index contributed by atoms with van der Waals surface area (Å²) in [5.74, 6) is 1.79. The Morgan fingerprint density at radius 2 is 1.88 bits per heavy atom. The van der Waals surface area contributed by atoms with E-state index in [0.717, 1.165) is 12.0 Å². The number of esters is 1. The number of hydrogen-bond donors (Lipinski definition) is 0. The van der Waals surface area contributed by atoms with Crippen molar-refractivity contribution >= 4 is 16.9 Å². The van der Waals surface area contributed by atoms with E-state index in [2.05, 4.69) is 0 Å². The Bertz CT molecular complexity index is 1230. The molecule has 0 bridgehead atoms. The first-order chi connectivity index (χ1) is 15.4. The monoisotopic (exact) mass is 438 g/mol. The van der Waals surface area contributed by atoms with Gasteiger partial charge in [0.05, 0.1) is 18.1 Å². The number of hydrogen-bond acceptors (Lipinski definition) is 7. The molecular formula is C25H26O7. The van der Waals surface area contributed by atoms with Gasteiger partial charge in [0.25, 0.3) is 0 Å². The van der Waals surface area contributed by atoms with E-state index in [9.17, 15) is 9.59 Å². The minimum atomic E-state index is -0.780. The van der Waals surface area contributed by atoms with E-state index in [1.54, 1.807) is 32.0 Å². The molecule has 0 radical (unpaired) electrons. The molecule has 1 atom stereocenters. The van der Waals surface area contributed by atoms with Crippen molar-refractivity contribution in [3.63, 3.8) is 0 Å². The van der Waals surface area contributed by atoms with Gasteiger partial charge in [0.2, 0.25) is 5.43 Å². The molecule has 2 heterocycles. The molecule has 1 aliphatic rings. The first-order valence-corrected chi connectivity index (χ1v) is 10.7. The van der Waals surface area contributed by atoms with Crippen LogP contribution in [-0.2, 0) is 16.0 Å². The average molecular weight is 438 g/mol. The fraction of sp³-hybridized carbons (Fsp3) is 0.360. The number of benzene rings is 2. The van der Waals surface area contributed by atoms with E-state index in [0.29, 0.717) is 64.7 Å². The summed E-state index contributed by atoms with van der Waals surface area (Å²) in [4.78, 5) is 25.3. The minimum Gasteiger partial charge on any atom is -0.486 e. The van der Waals surface area contributed by atoms with Crippen LogP contribution >= 0.6 is 0 Å². The van der Waals surface area contributed by atoms with Gasteiger partial charge in [0.15, 0.2) is 17.6 Å². The van der Waals surface area contributed by atoms with E-state index in [4.69, 9.17) is 23.4 Å². The molecule has 1 unspecified atom stereocenters. The summed E-state index contributed by atoms with van der Waals surface area (Å²) >= 11 is 0. The van der Waals surface area contributed by atoms with Gasteiger partial charge in [-0.2, -0.15) is 0 Å². The molecule has 1 aliphatic heterocycles. The quantitative estimate of drug-likeness (QED) is 0.526. The van der Waals surface area contributed by atoms with E-state index >= 15 is 0 Å². The van der Waals surface area contributed by atoms with Gasteiger partial charge in [0.1, 0.15) is 30.3 Å². The SMILES string of the molecule is CCCc1cc2c(=O)c(-c3ccc4c(c3)OCCO4)c(C)oc2cc1OC(C)C(=O)OC. The molecular weight excluding hydrogens is 412 g/mol. The number of carbonyl (C=O) groups excluding carboxylic acids is 1. The molecule has 0 saturated carbocycles. The molecule has 0 spiro atoms. The second kappa shape index (κ2) is 8.94.